The van der Waals surface area contributed by atoms with E-state index in [-0.39, 0.29) is 25.1 Å². The van der Waals surface area contributed by atoms with Crippen LogP contribution in [-0.2, 0) is 38.8 Å². The molecule has 3 aromatic carbocycles. The van der Waals surface area contributed by atoms with Gasteiger partial charge < -0.3 is 25.8 Å². The predicted octanol–water partition coefficient (Wildman–Crippen LogP) is 5.71. The molecule has 0 aromatic heterocycles. The number of anilines is 1. The normalized spacial score (nSPS) is 13.4. The first-order chi connectivity index (χ1) is 22.9. The van der Waals surface area contributed by atoms with Crippen molar-refractivity contribution in [2.45, 2.75) is 89.3 Å². The van der Waals surface area contributed by atoms with Crippen LogP contribution in [-0.4, -0.2) is 61.3 Å². The second-order valence-electron chi connectivity index (χ2n) is 11.9. The molecule has 2 amide bonds. The molecule has 3 aromatic rings. The molecular weight excluding hydrogens is 640 g/mol. The number of aliphatic hydroxyl groups is 1. The van der Waals surface area contributed by atoms with Crippen molar-refractivity contribution >= 4 is 27.5 Å². The summed E-state index contributed by atoms with van der Waals surface area (Å²) in [7, 11) is -3.89. The molecule has 4 N–H and O–H groups in total. The summed E-state index contributed by atoms with van der Waals surface area (Å²) in [6.07, 6.45) is 0.314. The maximum atomic E-state index is 14.1. The lowest BCUT2D eigenvalue weighted by Gasteiger charge is -2.28. The van der Waals surface area contributed by atoms with E-state index < -0.39 is 62.7 Å². The fourth-order valence-electron chi connectivity index (χ4n) is 5.42. The Labute approximate surface area is 282 Å². The molecule has 262 valence electrons. The van der Waals surface area contributed by atoms with Crippen molar-refractivity contribution in [1.29, 1.82) is 0 Å². The van der Waals surface area contributed by atoms with Crippen LogP contribution in [0.1, 0.15) is 63.1 Å². The molecule has 0 aliphatic rings. The second-order valence-corrected chi connectivity index (χ2v) is 14.2. The predicted molar refractivity (Wildman–Crippen MR) is 183 cm³/mol. The summed E-state index contributed by atoms with van der Waals surface area (Å²) in [4.78, 5) is 26.7. The molecule has 48 heavy (non-hydrogen) atoms. The van der Waals surface area contributed by atoms with Crippen molar-refractivity contribution in [3.05, 3.63) is 101 Å². The molecule has 12 heteroatoms. The summed E-state index contributed by atoms with van der Waals surface area (Å²) in [5.41, 5.74) is 2.64. The third-order valence-corrected chi connectivity index (χ3v) is 10.3. The van der Waals surface area contributed by atoms with Gasteiger partial charge in [0.2, 0.25) is 5.91 Å². The number of rotatable bonds is 19. The number of benzene rings is 3. The van der Waals surface area contributed by atoms with Gasteiger partial charge in [0, 0.05) is 18.3 Å². The van der Waals surface area contributed by atoms with Crippen molar-refractivity contribution < 1.29 is 36.6 Å². The molecule has 0 fully saturated rings. The van der Waals surface area contributed by atoms with E-state index in [1.54, 1.807) is 30.3 Å². The average Bonchev–Trinajstić information content (AvgIpc) is 3.05. The van der Waals surface area contributed by atoms with Gasteiger partial charge in [-0.1, -0.05) is 76.1 Å². The Morgan fingerprint density at radius 1 is 0.833 bits per heavy atom. The van der Waals surface area contributed by atoms with Gasteiger partial charge in [-0.15, -0.1) is 0 Å². The van der Waals surface area contributed by atoms with E-state index >= 15 is 0 Å². The maximum Gasteiger partial charge on any atom is 0.408 e. The lowest BCUT2D eigenvalue weighted by atomic mass is 10.00. The van der Waals surface area contributed by atoms with Crippen LogP contribution in [0.3, 0.4) is 0 Å². The van der Waals surface area contributed by atoms with E-state index in [0.29, 0.717) is 37.3 Å². The average molecular weight is 688 g/mol. The van der Waals surface area contributed by atoms with Gasteiger partial charge in [-0.3, -0.25) is 4.79 Å². The fraction of sp³-hybridized carbons (Fsp3) is 0.444. The number of hydrogen-bond acceptors (Lipinski definition) is 7. The number of nitrogens with one attached hydrogen (secondary N) is 3. The minimum atomic E-state index is -3.89. The van der Waals surface area contributed by atoms with Gasteiger partial charge in [0.25, 0.3) is 0 Å². The highest BCUT2D eigenvalue weighted by molar-refractivity contribution is 7.92. The first-order valence-electron chi connectivity index (χ1n) is 16.4. The number of amides is 2. The molecular formula is C36H47F2N3O6S. The monoisotopic (exact) mass is 687 g/mol. The Morgan fingerprint density at radius 3 is 2.10 bits per heavy atom. The molecule has 0 aliphatic carbocycles. The van der Waals surface area contributed by atoms with Gasteiger partial charge in [0.1, 0.15) is 24.3 Å². The third-order valence-electron chi connectivity index (χ3n) is 7.97. The summed E-state index contributed by atoms with van der Waals surface area (Å²) in [6, 6.07) is 16.6. The van der Waals surface area contributed by atoms with Crippen LogP contribution in [0.25, 0.3) is 0 Å². The zero-order chi connectivity index (χ0) is 35.1. The number of ether oxygens (including phenoxy) is 1. The van der Waals surface area contributed by atoms with Crippen LogP contribution in [0.15, 0.2) is 72.8 Å². The van der Waals surface area contributed by atoms with Crippen molar-refractivity contribution in [3.63, 3.8) is 0 Å². The molecule has 0 spiro atoms. The zero-order valence-electron chi connectivity index (χ0n) is 27.8. The lowest BCUT2D eigenvalue weighted by Crippen LogP contribution is -2.56. The van der Waals surface area contributed by atoms with Gasteiger partial charge in [-0.2, -0.15) is 0 Å². The summed E-state index contributed by atoms with van der Waals surface area (Å²) in [6.45, 7) is 5.58. The minimum Gasteiger partial charge on any atom is -0.445 e. The number of halogens is 2. The van der Waals surface area contributed by atoms with Gasteiger partial charge >= 0.3 is 6.09 Å². The highest BCUT2D eigenvalue weighted by Crippen LogP contribution is 2.18. The third kappa shape index (κ3) is 12.5. The van der Waals surface area contributed by atoms with E-state index in [1.807, 2.05) is 45.0 Å². The lowest BCUT2D eigenvalue weighted by molar-refractivity contribution is -0.124. The molecule has 9 nitrogen and oxygen atoms in total. The molecule has 0 bridgehead atoms. The number of aliphatic hydroxyl groups excluding tert-OH is 1. The molecule has 3 atom stereocenters. The topological polar surface area (TPSA) is 134 Å². The highest BCUT2D eigenvalue weighted by Gasteiger charge is 2.34. The van der Waals surface area contributed by atoms with Crippen LogP contribution in [0.4, 0.5) is 19.3 Å². The Bertz CT molecular complexity index is 1550. The van der Waals surface area contributed by atoms with E-state index in [9.17, 15) is 31.9 Å². The number of carbonyl (C=O) groups excluding carboxylic acids is 2. The first-order valence-corrected chi connectivity index (χ1v) is 18.1. The second kappa shape index (κ2) is 19.1. The molecule has 0 aliphatic heterocycles. The standard InChI is InChI=1S/C36H47F2N3O6S/c1-4-11-31(12-5-2)48(45,46)24-33(41-36(44)47-23-26-13-8-7-9-14-26)35(43)40-32(20-27-17-28(37)21-29(38)18-27)34(42)22-39-30-16-10-15-25(6-3)19-30/h7-10,13-19,21,31-34,39,42H,4-6,11-12,20,22-24H2,1-3H3,(H,40,43)(H,41,44)/t32-,33?,34+/m0/s1. The number of aryl methyl sites for hydroxylation is 1. The van der Waals surface area contributed by atoms with Crippen molar-refractivity contribution in [1.82, 2.24) is 10.6 Å². The highest BCUT2D eigenvalue weighted by atomic mass is 32.2. The molecule has 0 radical (unpaired) electrons. The van der Waals surface area contributed by atoms with Crippen molar-refractivity contribution in [3.8, 4) is 0 Å². The van der Waals surface area contributed by atoms with Crippen LogP contribution >= 0.6 is 0 Å². The number of sulfone groups is 1. The number of hydrogen-bond donors (Lipinski definition) is 4. The Hall–Kier alpha value is -4.03. The zero-order valence-corrected chi connectivity index (χ0v) is 28.6. The van der Waals surface area contributed by atoms with E-state index in [1.165, 1.54) is 0 Å². The van der Waals surface area contributed by atoms with Gasteiger partial charge in [0.15, 0.2) is 9.84 Å². The Kier molecular flexibility index (Phi) is 15.3. The largest absolute Gasteiger partial charge is 0.445 e. The summed E-state index contributed by atoms with van der Waals surface area (Å²) in [5.74, 6) is -3.26. The van der Waals surface area contributed by atoms with Gasteiger partial charge in [-0.05, 0) is 66.6 Å². The molecule has 0 heterocycles. The smallest absolute Gasteiger partial charge is 0.408 e. The molecule has 1 unspecified atom stereocenters. The maximum absolute atomic E-state index is 14.1. The summed E-state index contributed by atoms with van der Waals surface area (Å²) < 4.78 is 60.6. The van der Waals surface area contributed by atoms with Crippen molar-refractivity contribution in [2.75, 3.05) is 17.6 Å². The van der Waals surface area contributed by atoms with Crippen LogP contribution in [0.5, 0.6) is 0 Å². The number of carbonyl (C=O) groups is 2. The van der Waals surface area contributed by atoms with Crippen LogP contribution in [0.2, 0.25) is 0 Å². The minimum absolute atomic E-state index is 0.0551. The van der Waals surface area contributed by atoms with E-state index in [2.05, 4.69) is 16.0 Å². The van der Waals surface area contributed by atoms with E-state index in [0.717, 1.165) is 29.8 Å². The van der Waals surface area contributed by atoms with Gasteiger partial charge in [0.05, 0.1) is 23.1 Å². The van der Waals surface area contributed by atoms with Crippen LogP contribution < -0.4 is 16.0 Å². The Balaban J connectivity index is 1.87. The SMILES string of the molecule is CCCC(CCC)S(=O)(=O)CC(NC(=O)OCc1ccccc1)C(=O)N[C@@H](Cc1cc(F)cc(F)c1)[C@H](O)CNc1cccc(CC)c1. The number of alkyl carbamates (subject to hydrolysis) is 1. The summed E-state index contributed by atoms with van der Waals surface area (Å²) >= 11 is 0. The van der Waals surface area contributed by atoms with Crippen LogP contribution in [0, 0.1) is 11.6 Å². The van der Waals surface area contributed by atoms with Gasteiger partial charge in [-0.25, -0.2) is 22.0 Å². The first kappa shape index (κ1) is 38.4. The Morgan fingerprint density at radius 2 is 1.48 bits per heavy atom. The quantitative estimate of drug-likeness (QED) is 0.127. The van der Waals surface area contributed by atoms with Crippen molar-refractivity contribution in [2.24, 2.45) is 0 Å². The fourth-order valence-corrected chi connectivity index (χ4v) is 7.58. The molecule has 0 saturated carbocycles. The van der Waals surface area contributed by atoms with E-state index in [4.69, 9.17) is 4.74 Å². The molecule has 0 saturated heterocycles. The summed E-state index contributed by atoms with van der Waals surface area (Å²) in [5, 5.41) is 18.8. The molecule has 3 rings (SSSR count).